The Hall–Kier alpha value is -1.42. The molecule has 0 atom stereocenters. The summed E-state index contributed by atoms with van der Waals surface area (Å²) in [5, 5.41) is 5.47. The number of aryl methyl sites for hydroxylation is 2. The molecule has 0 saturated heterocycles. The van der Waals surface area contributed by atoms with Gasteiger partial charge in [-0.3, -0.25) is 0 Å². The second kappa shape index (κ2) is 10.6. The Bertz CT molecular complexity index is 1260. The minimum atomic E-state index is -1.96. The zero-order chi connectivity index (χ0) is 26.5. The van der Waals surface area contributed by atoms with Crippen LogP contribution in [-0.4, -0.2) is 16.6 Å². The molecule has 0 heterocycles. The van der Waals surface area contributed by atoms with E-state index >= 15 is 0 Å². The van der Waals surface area contributed by atoms with Crippen molar-refractivity contribution in [2.24, 2.45) is 0 Å². The Morgan fingerprint density at radius 2 is 0.919 bits per heavy atom. The molecule has 37 heavy (non-hydrogen) atoms. The normalized spacial score (nSPS) is 13.1. The van der Waals surface area contributed by atoms with Crippen LogP contribution in [0.2, 0.25) is 36.3 Å². The first-order valence-electron chi connectivity index (χ1n) is 13.3. The van der Waals surface area contributed by atoms with Gasteiger partial charge in [-0.1, -0.05) is 66.5 Å². The summed E-state index contributed by atoms with van der Waals surface area (Å²) in [5.74, 6) is 2.15. The SMILES string of the molecule is CC(C)(C)[Si](C)(C)Oc1[cH-]c2ccccc2c1CCc1c(O[Si](C)(C)C(C)(C)C)[cH-]c2ccccc12.[Zr+2]. The van der Waals surface area contributed by atoms with E-state index in [9.17, 15) is 0 Å². The zero-order valence-electron chi connectivity index (χ0n) is 24.5. The number of benzene rings is 2. The predicted octanol–water partition coefficient (Wildman–Crippen LogP) is 9.98. The van der Waals surface area contributed by atoms with E-state index in [0.29, 0.717) is 0 Å². The fourth-order valence-corrected chi connectivity index (χ4v) is 6.40. The van der Waals surface area contributed by atoms with Gasteiger partial charge >= 0.3 is 26.2 Å². The van der Waals surface area contributed by atoms with E-state index in [1.807, 2.05) is 0 Å². The Balaban J connectivity index is 0.00000380. The summed E-state index contributed by atoms with van der Waals surface area (Å²) in [6.45, 7) is 23.2. The number of fused-ring (bicyclic) bond motifs is 2. The molecule has 4 aromatic carbocycles. The summed E-state index contributed by atoms with van der Waals surface area (Å²) in [7, 11) is -3.92. The quantitative estimate of drug-likeness (QED) is 0.154. The average molecular weight is 608 g/mol. The van der Waals surface area contributed by atoms with Crippen molar-refractivity contribution in [2.45, 2.75) is 90.6 Å². The van der Waals surface area contributed by atoms with E-state index in [-0.39, 0.29) is 36.3 Å². The van der Waals surface area contributed by atoms with E-state index in [2.05, 4.69) is 128 Å². The zero-order valence-corrected chi connectivity index (χ0v) is 29.0. The van der Waals surface area contributed by atoms with Crippen LogP contribution in [0.5, 0.6) is 11.5 Å². The van der Waals surface area contributed by atoms with Crippen LogP contribution in [0.3, 0.4) is 0 Å². The van der Waals surface area contributed by atoms with Crippen LogP contribution in [0, 0.1) is 0 Å². The van der Waals surface area contributed by atoms with Crippen molar-refractivity contribution in [3.05, 3.63) is 71.8 Å². The molecule has 0 fully saturated rings. The van der Waals surface area contributed by atoms with E-state index < -0.39 is 16.6 Å². The van der Waals surface area contributed by atoms with Gasteiger partial charge in [-0.25, -0.2) is 0 Å². The smallest absolute Gasteiger partial charge is 0.559 e. The maximum absolute atomic E-state index is 6.91. The van der Waals surface area contributed by atoms with Gasteiger partial charge in [0.15, 0.2) is 0 Å². The fourth-order valence-electron chi connectivity index (χ4n) is 4.32. The van der Waals surface area contributed by atoms with Crippen molar-refractivity contribution in [3.8, 4) is 11.5 Å². The van der Waals surface area contributed by atoms with Gasteiger partial charge < -0.3 is 8.85 Å². The third-order valence-corrected chi connectivity index (χ3v) is 17.4. The van der Waals surface area contributed by atoms with Gasteiger partial charge in [0.25, 0.3) is 0 Å². The third-order valence-electron chi connectivity index (χ3n) is 8.71. The Morgan fingerprint density at radius 1 is 0.595 bits per heavy atom. The summed E-state index contributed by atoms with van der Waals surface area (Å²) in [5.41, 5.74) is 2.66. The molecule has 2 nitrogen and oxygen atoms in total. The van der Waals surface area contributed by atoms with Gasteiger partial charge in [-0.05, 0) is 36.3 Å². The molecule has 4 rings (SSSR count). The molecule has 0 aromatic heterocycles. The van der Waals surface area contributed by atoms with Crippen LogP contribution >= 0.6 is 0 Å². The Kier molecular flexibility index (Phi) is 8.65. The van der Waals surface area contributed by atoms with Crippen LogP contribution in [0.1, 0.15) is 52.7 Å². The molecule has 0 aliphatic rings. The molecule has 0 saturated carbocycles. The molecule has 0 spiro atoms. The largest absolute Gasteiger partial charge is 2.00 e. The molecule has 196 valence electrons. The summed E-state index contributed by atoms with van der Waals surface area (Å²) in [4.78, 5) is 0. The molecule has 0 amide bonds. The molecule has 0 radical (unpaired) electrons. The Morgan fingerprint density at radius 3 is 1.24 bits per heavy atom. The second-order valence-corrected chi connectivity index (χ2v) is 22.8. The maximum atomic E-state index is 6.91. The third kappa shape index (κ3) is 6.10. The monoisotopic (exact) mass is 606 g/mol. The molecule has 0 aliphatic carbocycles. The first kappa shape index (κ1) is 30.1. The number of rotatable bonds is 7. The van der Waals surface area contributed by atoms with Gasteiger partial charge in [0.2, 0.25) is 16.6 Å². The van der Waals surface area contributed by atoms with Crippen LogP contribution in [0.15, 0.2) is 60.7 Å². The van der Waals surface area contributed by atoms with Gasteiger partial charge in [-0.2, -0.15) is 0 Å². The fraction of sp³-hybridized carbons (Fsp3) is 0.438. The van der Waals surface area contributed by atoms with E-state index in [1.165, 1.54) is 32.7 Å². The Labute approximate surface area is 245 Å². The molecule has 4 aromatic rings. The van der Waals surface area contributed by atoms with Gasteiger partial charge in [0.1, 0.15) is 0 Å². The molecule has 0 N–H and O–H groups in total. The average Bonchev–Trinajstić information content (AvgIpc) is 3.27. The summed E-state index contributed by atoms with van der Waals surface area (Å²) in [6.07, 6.45) is 1.86. The van der Waals surface area contributed by atoms with Crippen molar-refractivity contribution < 1.29 is 35.1 Å². The van der Waals surface area contributed by atoms with Gasteiger partial charge in [0.05, 0.1) is 0 Å². The van der Waals surface area contributed by atoms with Crippen LogP contribution in [0.4, 0.5) is 0 Å². The molecule has 0 unspecified atom stereocenters. The summed E-state index contributed by atoms with van der Waals surface area (Å²) in [6, 6.07) is 22.0. The topological polar surface area (TPSA) is 18.5 Å². The van der Waals surface area contributed by atoms with E-state index in [1.54, 1.807) is 0 Å². The predicted molar refractivity (Wildman–Crippen MR) is 162 cm³/mol. The first-order chi connectivity index (χ1) is 16.6. The van der Waals surface area contributed by atoms with Gasteiger partial charge in [-0.15, -0.1) is 81.2 Å². The van der Waals surface area contributed by atoms with Crippen molar-refractivity contribution >= 4 is 38.2 Å². The van der Waals surface area contributed by atoms with E-state index in [4.69, 9.17) is 8.85 Å². The number of hydrogen-bond acceptors (Lipinski definition) is 2. The van der Waals surface area contributed by atoms with Crippen LogP contribution in [-0.2, 0) is 39.0 Å². The molecule has 0 aliphatic heterocycles. The van der Waals surface area contributed by atoms with Crippen molar-refractivity contribution in [1.29, 1.82) is 0 Å². The maximum Gasteiger partial charge on any atom is 2.00 e. The van der Waals surface area contributed by atoms with Crippen LogP contribution < -0.4 is 8.85 Å². The minimum Gasteiger partial charge on any atom is -0.559 e. The standard InChI is InChI=1S/C32H44O2Si2.Zr/c1-31(2,3)35(7,8)33-29-21-23-15-11-13-17-25(23)27(29)19-20-28-26-18-14-12-16-24(26)22-30(28)34-36(9,10)32(4,5)6;/h11-18,21-22H,19-20H2,1-10H3;/q-2;+2. The molecule has 0 bridgehead atoms. The molecule has 5 heteroatoms. The molecular formula is C32H44O2Si2Zr. The van der Waals surface area contributed by atoms with Crippen molar-refractivity contribution in [2.75, 3.05) is 0 Å². The summed E-state index contributed by atoms with van der Waals surface area (Å²) < 4.78 is 13.8. The number of hydrogen-bond donors (Lipinski definition) is 0. The van der Waals surface area contributed by atoms with E-state index in [0.717, 1.165) is 24.3 Å². The van der Waals surface area contributed by atoms with Crippen molar-refractivity contribution in [3.63, 3.8) is 0 Å². The van der Waals surface area contributed by atoms with Crippen LogP contribution in [0.25, 0.3) is 21.5 Å². The first-order valence-corrected chi connectivity index (χ1v) is 19.1. The minimum absolute atomic E-state index is 0. The molecular weight excluding hydrogens is 564 g/mol. The van der Waals surface area contributed by atoms with Gasteiger partial charge in [0, 0.05) is 11.5 Å². The summed E-state index contributed by atoms with van der Waals surface area (Å²) >= 11 is 0. The second-order valence-electron chi connectivity index (χ2n) is 13.4. The van der Waals surface area contributed by atoms with Crippen molar-refractivity contribution in [1.82, 2.24) is 0 Å².